The standard InChI is InChI=1S/C27H37FO3.C26H35FO3.C25H33FO3.C24H31FO3/c1-3-5-6-7-8-11-19-31-26-17-15-22(20-25(26)28)24-14-10-9-13-23(24)21(12-4-2)16-18-27(29)30;1-3-5-6-7-8-11-18-30-25-16-14-21(19-24(25)27)23-13-10-9-12-22(23)20(4-2)15-17-26(28)29;1-3-4-5-6-7-10-17-29-24-15-14-20(18-23(24)26)22-12-9-8-11-21(22)19(2)13-16-25(27)28;1-2-3-4-5-6-9-17-28-23-16-15-20(18-22(23)25)21-13-8-7-11-19(21)12-10-14-24(26)27/h9-10,13-15,17,20-21H,3-8,11-12,16,18-19H2,1-2H3,(H,29,30);9-10,12-14,16,19-20H,3-8,11,15,17-18H2,1-2H3,(H,28,29);8-9,11-12,14-15,18-19H,3-7,10,13,16-17H2,1-2H3,(H,27,28);7-8,11,13,15-16,18H,2-6,9-10,12,14,17H2,1H3,(H,26,27). The molecule has 0 aliphatic heterocycles. The Labute approximate surface area is 702 Å². The molecule has 0 spiro atoms. The minimum Gasteiger partial charge on any atom is -0.491 e. The molecule has 8 aromatic carbocycles. The quantitative estimate of drug-likeness (QED) is 0.0209. The number of carboxylic acids is 4. The predicted octanol–water partition coefficient (Wildman–Crippen LogP) is 29.4. The lowest BCUT2D eigenvalue weighted by Crippen LogP contribution is -2.05. The Balaban J connectivity index is 0.000000280. The summed E-state index contributed by atoms with van der Waals surface area (Å²) in [5.74, 6) is -3.06. The Hall–Kier alpha value is -9.44. The molecule has 0 saturated carbocycles. The monoisotopic (exact) mass is 1630 g/mol. The van der Waals surface area contributed by atoms with Crippen LogP contribution < -0.4 is 18.9 Å². The van der Waals surface area contributed by atoms with Crippen molar-refractivity contribution in [1.82, 2.24) is 0 Å². The zero-order chi connectivity index (χ0) is 85.5. The molecule has 12 nitrogen and oxygen atoms in total. The van der Waals surface area contributed by atoms with E-state index in [2.05, 4.69) is 41.5 Å². The van der Waals surface area contributed by atoms with E-state index < -0.39 is 23.9 Å². The molecule has 0 aliphatic carbocycles. The van der Waals surface area contributed by atoms with Crippen LogP contribution in [0, 0.1) is 23.3 Å². The van der Waals surface area contributed by atoms with Gasteiger partial charge < -0.3 is 39.4 Å². The summed E-state index contributed by atoms with van der Waals surface area (Å²) in [5.41, 5.74) is 11.2. The number of rotatable bonds is 55. The number of ether oxygens (including phenoxy) is 4. The average Bonchev–Trinajstić information content (AvgIpc) is 0.839. The van der Waals surface area contributed by atoms with E-state index in [4.69, 9.17) is 39.4 Å². The molecule has 3 atom stereocenters. The van der Waals surface area contributed by atoms with Gasteiger partial charge in [-0.15, -0.1) is 0 Å². The van der Waals surface area contributed by atoms with Crippen LogP contribution in [0.2, 0.25) is 0 Å². The van der Waals surface area contributed by atoms with Crippen LogP contribution in [-0.4, -0.2) is 70.7 Å². The second-order valence-electron chi connectivity index (χ2n) is 31.0. The van der Waals surface area contributed by atoms with Crippen molar-refractivity contribution in [2.24, 2.45) is 0 Å². The van der Waals surface area contributed by atoms with Gasteiger partial charge >= 0.3 is 23.9 Å². The predicted molar refractivity (Wildman–Crippen MR) is 473 cm³/mol. The Bertz CT molecular complexity index is 4160. The minimum absolute atomic E-state index is 0.0778. The lowest BCUT2D eigenvalue weighted by molar-refractivity contribution is -0.138. The van der Waals surface area contributed by atoms with Crippen molar-refractivity contribution in [3.05, 3.63) is 215 Å². The maximum absolute atomic E-state index is 14.7. The molecule has 0 bridgehead atoms. The Kier molecular flexibility index (Phi) is 49.8. The lowest BCUT2D eigenvalue weighted by atomic mass is 9.85. The summed E-state index contributed by atoms with van der Waals surface area (Å²) >= 11 is 0. The largest absolute Gasteiger partial charge is 0.491 e. The summed E-state index contributed by atoms with van der Waals surface area (Å²) < 4.78 is 81.1. The van der Waals surface area contributed by atoms with Gasteiger partial charge in [0, 0.05) is 25.7 Å². The Morgan fingerprint density at radius 1 is 0.297 bits per heavy atom. The molecule has 3 unspecified atom stereocenters. The highest BCUT2D eigenvalue weighted by Crippen LogP contribution is 2.40. The minimum atomic E-state index is -0.799. The van der Waals surface area contributed by atoms with Gasteiger partial charge in [0.15, 0.2) is 46.3 Å². The molecular formula is C102H136F4O12. The molecule has 0 saturated heterocycles. The van der Waals surface area contributed by atoms with Gasteiger partial charge in [-0.2, -0.15) is 0 Å². The highest BCUT2D eigenvalue weighted by atomic mass is 19.1. The molecule has 118 heavy (non-hydrogen) atoms. The number of hydrogen-bond donors (Lipinski definition) is 4. The molecule has 16 heteroatoms. The van der Waals surface area contributed by atoms with Crippen molar-refractivity contribution < 1.29 is 76.1 Å². The first-order chi connectivity index (χ1) is 57.3. The zero-order valence-corrected chi connectivity index (χ0v) is 71.7. The van der Waals surface area contributed by atoms with E-state index in [9.17, 15) is 36.7 Å². The van der Waals surface area contributed by atoms with E-state index in [1.54, 1.807) is 24.3 Å². The molecule has 8 rings (SSSR count). The molecule has 0 radical (unpaired) electrons. The maximum atomic E-state index is 14.7. The number of halogens is 4. The van der Waals surface area contributed by atoms with Crippen molar-refractivity contribution in [1.29, 1.82) is 0 Å². The van der Waals surface area contributed by atoms with Crippen molar-refractivity contribution in [2.45, 2.75) is 297 Å². The molecule has 0 amide bonds. The van der Waals surface area contributed by atoms with Crippen LogP contribution in [0.15, 0.2) is 170 Å². The fourth-order valence-corrected chi connectivity index (χ4v) is 14.7. The van der Waals surface area contributed by atoms with Crippen LogP contribution in [0.25, 0.3) is 44.5 Å². The van der Waals surface area contributed by atoms with E-state index in [1.165, 1.54) is 127 Å². The first-order valence-electron chi connectivity index (χ1n) is 44.2. The number of benzene rings is 8. The number of unbranched alkanes of at least 4 members (excludes halogenated alkanes) is 20. The summed E-state index contributed by atoms with van der Waals surface area (Å²) in [6, 6.07) is 51.8. The molecule has 0 heterocycles. The molecule has 0 aliphatic rings. The van der Waals surface area contributed by atoms with Crippen molar-refractivity contribution in [2.75, 3.05) is 26.4 Å². The Morgan fingerprint density at radius 2 is 0.585 bits per heavy atom. The summed E-state index contributed by atoms with van der Waals surface area (Å²) in [4.78, 5) is 43.7. The summed E-state index contributed by atoms with van der Waals surface area (Å²) in [6.07, 6.45) is 34.2. The zero-order valence-electron chi connectivity index (χ0n) is 71.7. The van der Waals surface area contributed by atoms with E-state index in [0.717, 1.165) is 137 Å². The normalized spacial score (nSPS) is 11.7. The van der Waals surface area contributed by atoms with Gasteiger partial charge in [-0.25, -0.2) is 17.6 Å². The first-order valence-corrected chi connectivity index (χ1v) is 44.2. The second kappa shape index (κ2) is 59.3. The summed E-state index contributed by atoms with van der Waals surface area (Å²) in [5, 5.41) is 35.9. The van der Waals surface area contributed by atoms with Gasteiger partial charge in [-0.1, -0.05) is 305 Å². The average molecular weight is 1630 g/mol. The van der Waals surface area contributed by atoms with E-state index in [1.807, 2.05) is 128 Å². The third kappa shape index (κ3) is 38.1. The first kappa shape index (κ1) is 99.1. The van der Waals surface area contributed by atoms with E-state index in [-0.39, 0.29) is 66.7 Å². The van der Waals surface area contributed by atoms with Crippen molar-refractivity contribution in [3.8, 4) is 67.5 Å². The van der Waals surface area contributed by atoms with Crippen LogP contribution >= 0.6 is 0 Å². The third-order valence-electron chi connectivity index (χ3n) is 21.5. The number of carbonyl (C=O) groups is 4. The van der Waals surface area contributed by atoms with Gasteiger partial charge in [-0.05, 0) is 204 Å². The maximum Gasteiger partial charge on any atom is 0.303 e. The van der Waals surface area contributed by atoms with Crippen LogP contribution in [0.4, 0.5) is 17.6 Å². The van der Waals surface area contributed by atoms with Crippen molar-refractivity contribution >= 4 is 23.9 Å². The smallest absolute Gasteiger partial charge is 0.303 e. The van der Waals surface area contributed by atoms with Crippen LogP contribution in [0.3, 0.4) is 0 Å². The molecule has 4 N–H and O–H groups in total. The van der Waals surface area contributed by atoms with Gasteiger partial charge in [0.1, 0.15) is 0 Å². The Morgan fingerprint density at radius 3 is 0.924 bits per heavy atom. The molecule has 8 aromatic rings. The fourth-order valence-electron chi connectivity index (χ4n) is 14.7. The topological polar surface area (TPSA) is 186 Å². The van der Waals surface area contributed by atoms with E-state index in [0.29, 0.717) is 81.5 Å². The molecule has 0 fully saturated rings. The van der Waals surface area contributed by atoms with Crippen molar-refractivity contribution in [3.63, 3.8) is 0 Å². The second-order valence-corrected chi connectivity index (χ2v) is 31.0. The van der Waals surface area contributed by atoms with Crippen LogP contribution in [0.1, 0.15) is 313 Å². The SMILES string of the molecule is CCCCCCCCOc1ccc(-c2ccccc2C(C)CCC(=O)O)cc1F.CCCCCCCCOc1ccc(-c2ccccc2C(CC)CCC(=O)O)cc1F.CCCCCCCCOc1ccc(-c2ccccc2C(CCC)CCC(=O)O)cc1F.CCCCCCCCOc1ccc(-c2ccccc2CCCC(=O)O)cc1F. The summed E-state index contributed by atoms with van der Waals surface area (Å²) in [7, 11) is 0. The number of aryl methyl sites for hydroxylation is 1. The number of carboxylic acid groups (broad SMARTS) is 4. The van der Waals surface area contributed by atoms with Gasteiger partial charge in [0.25, 0.3) is 0 Å². The molecule has 644 valence electrons. The fraction of sp³-hybridized carbons (Fsp3) is 0.490. The van der Waals surface area contributed by atoms with E-state index >= 15 is 0 Å². The summed E-state index contributed by atoms with van der Waals surface area (Å²) in [6.45, 7) is 17.1. The highest BCUT2D eigenvalue weighted by molar-refractivity contribution is 5.74. The number of aliphatic carboxylic acids is 4. The van der Waals surface area contributed by atoms with Crippen LogP contribution in [-0.2, 0) is 25.6 Å². The molecular weight excluding hydrogens is 1490 g/mol. The molecule has 0 aromatic heterocycles. The highest BCUT2D eigenvalue weighted by Gasteiger charge is 2.22. The number of hydrogen-bond acceptors (Lipinski definition) is 8. The van der Waals surface area contributed by atoms with Gasteiger partial charge in [-0.3, -0.25) is 19.2 Å². The van der Waals surface area contributed by atoms with Gasteiger partial charge in [0.2, 0.25) is 0 Å². The van der Waals surface area contributed by atoms with Crippen LogP contribution in [0.5, 0.6) is 23.0 Å². The van der Waals surface area contributed by atoms with Gasteiger partial charge in [0.05, 0.1) is 26.4 Å². The lowest BCUT2D eigenvalue weighted by Gasteiger charge is -2.20. The third-order valence-corrected chi connectivity index (χ3v) is 21.5.